The average Bonchev–Trinajstić information content (AvgIpc) is 2.74. The molecular formula is C29H57NO. The van der Waals surface area contributed by atoms with Crippen LogP contribution < -0.4 is 5.32 Å². The second kappa shape index (κ2) is 22.4. The van der Waals surface area contributed by atoms with E-state index in [2.05, 4.69) is 32.7 Å². The SMILES string of the molecule is C=CC(=O)NC(C)(C)CCCCCCCCCCCCCCCCCCCCCCC. The summed E-state index contributed by atoms with van der Waals surface area (Å²) in [5, 5.41) is 3.01. The maximum atomic E-state index is 11.4. The summed E-state index contributed by atoms with van der Waals surface area (Å²) in [6.07, 6.45) is 32.1. The van der Waals surface area contributed by atoms with Crippen molar-refractivity contribution in [3.8, 4) is 0 Å². The number of rotatable bonds is 24. The smallest absolute Gasteiger partial charge is 0.243 e. The molecule has 0 bridgehead atoms. The number of carbonyl (C=O) groups excluding carboxylic acids is 1. The number of unbranched alkanes of at least 4 members (excludes halogenated alkanes) is 20. The Morgan fingerprint density at radius 1 is 0.613 bits per heavy atom. The summed E-state index contributed by atoms with van der Waals surface area (Å²) in [6, 6.07) is 0. The van der Waals surface area contributed by atoms with Gasteiger partial charge in [0, 0.05) is 5.54 Å². The van der Waals surface area contributed by atoms with Crippen molar-refractivity contribution in [3.63, 3.8) is 0 Å². The summed E-state index contributed by atoms with van der Waals surface area (Å²) in [4.78, 5) is 11.4. The van der Waals surface area contributed by atoms with Crippen molar-refractivity contribution >= 4 is 5.91 Å². The van der Waals surface area contributed by atoms with Crippen molar-refractivity contribution in [1.82, 2.24) is 5.32 Å². The molecule has 0 unspecified atom stereocenters. The second-order valence-electron chi connectivity index (χ2n) is 10.4. The molecule has 2 heteroatoms. The van der Waals surface area contributed by atoms with Gasteiger partial charge in [-0.3, -0.25) is 4.79 Å². The van der Waals surface area contributed by atoms with Crippen LogP contribution in [-0.2, 0) is 4.79 Å². The molecule has 0 aliphatic carbocycles. The summed E-state index contributed by atoms with van der Waals surface area (Å²) in [7, 11) is 0. The Balaban J connectivity index is 3.19. The van der Waals surface area contributed by atoms with Gasteiger partial charge in [0.15, 0.2) is 0 Å². The van der Waals surface area contributed by atoms with Gasteiger partial charge in [0.1, 0.15) is 0 Å². The monoisotopic (exact) mass is 435 g/mol. The lowest BCUT2D eigenvalue weighted by Crippen LogP contribution is -2.42. The molecular weight excluding hydrogens is 378 g/mol. The molecule has 0 aliphatic heterocycles. The standard InChI is InChI=1S/C29H57NO/c1-5-7-8-9-10-11-12-13-14-15-16-17-18-19-20-21-22-23-24-25-26-27-29(3,4)30-28(31)6-2/h6H,2,5,7-27H2,1,3-4H3,(H,30,31). The molecule has 31 heavy (non-hydrogen) atoms. The molecule has 0 aromatic carbocycles. The summed E-state index contributed by atoms with van der Waals surface area (Å²) in [6.45, 7) is 10.0. The number of hydrogen-bond donors (Lipinski definition) is 1. The first-order valence-corrected chi connectivity index (χ1v) is 14.0. The molecule has 0 rings (SSSR count). The van der Waals surface area contributed by atoms with Crippen LogP contribution in [0.15, 0.2) is 12.7 Å². The first-order chi connectivity index (χ1) is 15.0. The molecule has 0 atom stereocenters. The van der Waals surface area contributed by atoms with Gasteiger partial charge >= 0.3 is 0 Å². The Labute approximate surface area is 196 Å². The van der Waals surface area contributed by atoms with E-state index in [1.54, 1.807) is 0 Å². The maximum Gasteiger partial charge on any atom is 0.243 e. The fourth-order valence-electron chi connectivity index (χ4n) is 4.45. The van der Waals surface area contributed by atoms with Gasteiger partial charge in [-0.15, -0.1) is 0 Å². The normalized spacial score (nSPS) is 11.6. The van der Waals surface area contributed by atoms with E-state index in [1.807, 2.05) is 0 Å². The number of carbonyl (C=O) groups is 1. The van der Waals surface area contributed by atoms with Crippen LogP contribution in [0.5, 0.6) is 0 Å². The topological polar surface area (TPSA) is 29.1 Å². The van der Waals surface area contributed by atoms with Crippen molar-refractivity contribution in [1.29, 1.82) is 0 Å². The van der Waals surface area contributed by atoms with E-state index in [1.165, 1.54) is 141 Å². The van der Waals surface area contributed by atoms with Gasteiger partial charge < -0.3 is 5.32 Å². The zero-order chi connectivity index (χ0) is 23.0. The molecule has 0 aromatic heterocycles. The minimum atomic E-state index is -0.112. The van der Waals surface area contributed by atoms with Crippen LogP contribution in [0.3, 0.4) is 0 Å². The molecule has 0 heterocycles. The molecule has 0 fully saturated rings. The van der Waals surface area contributed by atoms with Crippen LogP contribution in [0, 0.1) is 0 Å². The lowest BCUT2D eigenvalue weighted by Gasteiger charge is -2.25. The highest BCUT2D eigenvalue weighted by Crippen LogP contribution is 2.17. The third-order valence-corrected chi connectivity index (χ3v) is 6.55. The van der Waals surface area contributed by atoms with Crippen molar-refractivity contribution in [2.75, 3.05) is 0 Å². The van der Waals surface area contributed by atoms with Gasteiger partial charge in [-0.25, -0.2) is 0 Å². The summed E-state index contributed by atoms with van der Waals surface area (Å²) >= 11 is 0. The van der Waals surface area contributed by atoms with Gasteiger partial charge in [0.05, 0.1) is 0 Å². The Bertz CT molecular complexity index is 402. The summed E-state index contributed by atoms with van der Waals surface area (Å²) in [5.74, 6) is -0.0616. The summed E-state index contributed by atoms with van der Waals surface area (Å²) in [5.41, 5.74) is -0.112. The Morgan fingerprint density at radius 2 is 0.903 bits per heavy atom. The first kappa shape index (κ1) is 30.2. The first-order valence-electron chi connectivity index (χ1n) is 14.0. The lowest BCUT2D eigenvalue weighted by molar-refractivity contribution is -0.118. The van der Waals surface area contributed by atoms with Gasteiger partial charge in [-0.1, -0.05) is 148 Å². The molecule has 1 amide bonds. The maximum absolute atomic E-state index is 11.4. The Kier molecular flexibility index (Phi) is 21.8. The van der Waals surface area contributed by atoms with Crippen LogP contribution >= 0.6 is 0 Å². The molecule has 0 aromatic rings. The largest absolute Gasteiger partial charge is 0.348 e. The minimum absolute atomic E-state index is 0.0616. The third-order valence-electron chi connectivity index (χ3n) is 6.55. The number of nitrogens with one attached hydrogen (secondary N) is 1. The van der Waals surface area contributed by atoms with E-state index in [4.69, 9.17) is 0 Å². The van der Waals surface area contributed by atoms with Gasteiger partial charge in [0.2, 0.25) is 5.91 Å². The van der Waals surface area contributed by atoms with E-state index in [9.17, 15) is 4.79 Å². The fraction of sp³-hybridized carbons (Fsp3) is 0.897. The number of hydrogen-bond acceptors (Lipinski definition) is 1. The second-order valence-corrected chi connectivity index (χ2v) is 10.4. The van der Waals surface area contributed by atoms with Crippen molar-refractivity contribution in [2.24, 2.45) is 0 Å². The van der Waals surface area contributed by atoms with E-state index in [0.29, 0.717) is 0 Å². The van der Waals surface area contributed by atoms with Gasteiger partial charge in [0.25, 0.3) is 0 Å². The minimum Gasteiger partial charge on any atom is -0.348 e. The van der Waals surface area contributed by atoms with Gasteiger partial charge in [-0.05, 0) is 26.3 Å². The molecule has 2 nitrogen and oxygen atoms in total. The van der Waals surface area contributed by atoms with Crippen LogP contribution in [0.2, 0.25) is 0 Å². The average molecular weight is 436 g/mol. The zero-order valence-electron chi connectivity index (χ0n) is 21.7. The van der Waals surface area contributed by atoms with Crippen molar-refractivity contribution < 1.29 is 4.79 Å². The van der Waals surface area contributed by atoms with Crippen LogP contribution in [0.4, 0.5) is 0 Å². The van der Waals surface area contributed by atoms with E-state index < -0.39 is 0 Å². The van der Waals surface area contributed by atoms with Crippen molar-refractivity contribution in [3.05, 3.63) is 12.7 Å². The van der Waals surface area contributed by atoms with Crippen molar-refractivity contribution in [2.45, 2.75) is 168 Å². The van der Waals surface area contributed by atoms with Crippen LogP contribution in [-0.4, -0.2) is 11.4 Å². The molecule has 0 saturated carbocycles. The molecule has 0 spiro atoms. The predicted octanol–water partition coefficient (Wildman–Crippen LogP) is 9.67. The molecule has 0 aliphatic rings. The Hall–Kier alpha value is -0.790. The molecule has 0 saturated heterocycles. The lowest BCUT2D eigenvalue weighted by atomic mass is 9.95. The van der Waals surface area contributed by atoms with Gasteiger partial charge in [-0.2, -0.15) is 0 Å². The van der Waals surface area contributed by atoms with Crippen LogP contribution in [0.25, 0.3) is 0 Å². The highest BCUT2D eigenvalue weighted by atomic mass is 16.1. The molecule has 1 N–H and O–H groups in total. The highest BCUT2D eigenvalue weighted by molar-refractivity contribution is 5.87. The quantitative estimate of drug-likeness (QED) is 0.119. The zero-order valence-corrected chi connectivity index (χ0v) is 21.7. The number of amides is 1. The van der Waals surface area contributed by atoms with Crippen LogP contribution in [0.1, 0.15) is 162 Å². The molecule has 184 valence electrons. The predicted molar refractivity (Wildman–Crippen MR) is 140 cm³/mol. The summed E-state index contributed by atoms with van der Waals surface area (Å²) < 4.78 is 0. The molecule has 0 radical (unpaired) electrons. The van der Waals surface area contributed by atoms with E-state index in [0.717, 1.165) is 6.42 Å². The van der Waals surface area contributed by atoms with E-state index >= 15 is 0 Å². The third kappa shape index (κ3) is 23.7. The highest BCUT2D eigenvalue weighted by Gasteiger charge is 2.18. The Morgan fingerprint density at radius 3 is 1.19 bits per heavy atom. The van der Waals surface area contributed by atoms with E-state index in [-0.39, 0.29) is 11.4 Å². The fourth-order valence-corrected chi connectivity index (χ4v) is 4.45.